The number of aliphatic hydroxyl groups is 1. The van der Waals surface area contributed by atoms with E-state index in [0.717, 1.165) is 57.3 Å². The highest BCUT2D eigenvalue weighted by Crippen LogP contribution is 2.43. The summed E-state index contributed by atoms with van der Waals surface area (Å²) in [6, 6.07) is 0. The summed E-state index contributed by atoms with van der Waals surface area (Å²) in [5, 5.41) is 8.70. The molecule has 0 heterocycles. The molecule has 1 aliphatic carbocycles. The molecule has 0 aromatic heterocycles. The third kappa shape index (κ3) is 13.1. The summed E-state index contributed by atoms with van der Waals surface area (Å²) in [5.41, 5.74) is -2.92. The number of hydrogen-bond donors (Lipinski definition) is 2. The smallest absolute Gasteiger partial charge is 0.438 e. The van der Waals surface area contributed by atoms with Gasteiger partial charge >= 0.3 is 23.9 Å². The second kappa shape index (κ2) is 17.5. The first-order valence-corrected chi connectivity index (χ1v) is 13.9. The molecule has 0 radical (unpaired) electrons. The Bertz CT molecular complexity index is 911. The van der Waals surface area contributed by atoms with Crippen molar-refractivity contribution in [3.8, 4) is 11.8 Å². The second-order valence-corrected chi connectivity index (χ2v) is 11.8. The molecule has 0 aromatic carbocycles. The lowest BCUT2D eigenvalue weighted by Crippen LogP contribution is -2.55. The lowest BCUT2D eigenvalue weighted by Gasteiger charge is -2.38. The first kappa shape index (κ1) is 41.5. The van der Waals surface area contributed by atoms with Crippen molar-refractivity contribution < 1.29 is 41.0 Å². The van der Waals surface area contributed by atoms with Crippen molar-refractivity contribution in [3.63, 3.8) is 0 Å². The Morgan fingerprint density at radius 3 is 2.24 bits per heavy atom. The van der Waals surface area contributed by atoms with E-state index in [9.17, 15) is 36.2 Å². The zero-order valence-corrected chi connectivity index (χ0v) is 24.3. The molecule has 3 nitrogen and oxygen atoms in total. The zero-order chi connectivity index (χ0) is 30.1. The number of ether oxygens (including phenoxy) is 1. The molecule has 0 bridgehead atoms. The minimum Gasteiger partial charge on any atom is -0.462 e. The van der Waals surface area contributed by atoms with Crippen LogP contribution in [0.25, 0.3) is 0 Å². The van der Waals surface area contributed by atoms with Gasteiger partial charge in [-0.3, -0.25) is 4.79 Å². The monoisotopic (exact) mass is 616 g/mol. The molecule has 3 atom stereocenters. The molecule has 0 saturated heterocycles. The van der Waals surface area contributed by atoms with Crippen LogP contribution < -0.4 is 0 Å². The molecule has 1 saturated carbocycles. The van der Waals surface area contributed by atoms with E-state index < -0.39 is 23.2 Å². The van der Waals surface area contributed by atoms with Gasteiger partial charge in [0.05, 0.1) is 0 Å². The molecule has 1 aliphatic rings. The molecular weight excluding hydrogens is 566 g/mol. The third-order valence-electron chi connectivity index (χ3n) is 7.31. The van der Waals surface area contributed by atoms with Gasteiger partial charge < -0.3 is 9.84 Å². The van der Waals surface area contributed by atoms with Crippen molar-refractivity contribution in [2.75, 3.05) is 0 Å². The van der Waals surface area contributed by atoms with Crippen molar-refractivity contribution in [1.29, 1.82) is 0 Å². The quantitative estimate of drug-likeness (QED) is 0.105. The predicted molar refractivity (Wildman–Crippen MR) is 158 cm³/mol. The van der Waals surface area contributed by atoms with Gasteiger partial charge in [0, 0.05) is 25.0 Å². The van der Waals surface area contributed by atoms with E-state index in [-0.39, 0.29) is 44.7 Å². The van der Waals surface area contributed by atoms with Crippen LogP contribution >= 0.6 is 12.6 Å². The van der Waals surface area contributed by atoms with Gasteiger partial charge in [-0.1, -0.05) is 71.3 Å². The maximum Gasteiger partial charge on any atom is 0.438 e. The van der Waals surface area contributed by atoms with Crippen molar-refractivity contribution in [1.82, 2.24) is 0 Å². The largest absolute Gasteiger partial charge is 0.462 e. The number of halogens is 6. The Morgan fingerprint density at radius 1 is 1.15 bits per heavy atom. The average Bonchev–Trinajstić information content (AvgIpc) is 2.79. The fourth-order valence-corrected chi connectivity index (χ4v) is 5.68. The number of allylic oxidation sites excluding steroid dienone is 3. The van der Waals surface area contributed by atoms with Crippen LogP contribution in [0.5, 0.6) is 0 Å². The summed E-state index contributed by atoms with van der Waals surface area (Å²) in [6.45, 7) is 9.48. The fraction of sp³-hybridized carbons (Fsp3) is 0.774. The lowest BCUT2D eigenvalue weighted by atomic mass is 9.70. The number of hydrogen-bond acceptors (Lipinski definition) is 4. The number of thiol groups is 1. The summed E-state index contributed by atoms with van der Waals surface area (Å²) >= 11 is 4.51. The van der Waals surface area contributed by atoms with Crippen LogP contribution in [0.1, 0.15) is 114 Å². The molecule has 3 unspecified atom stereocenters. The van der Waals surface area contributed by atoms with Gasteiger partial charge in [0.15, 0.2) is 0 Å². The van der Waals surface area contributed by atoms with Crippen molar-refractivity contribution in [3.05, 3.63) is 23.3 Å². The first-order valence-electron chi connectivity index (χ1n) is 13.4. The third-order valence-corrected chi connectivity index (χ3v) is 7.85. The molecule has 0 aromatic rings. The topological polar surface area (TPSA) is 46.5 Å². The zero-order valence-electron chi connectivity index (χ0n) is 23.4. The Balaban J connectivity index is 0. The SMILES string of the molecule is C.C.CCCC(C(S)CC#CC(O)(C(F)(F)F)C(F)(F)F)C(C)(C)CCC/C(C)=C\C=C1\CCCC(OC(C)=O)C1. The number of carbonyl (C=O) groups is 1. The standard InChI is InChI=1S/C29H42F6O3S.2CH4/c1-6-10-24(25(39)14-9-18-27(37,28(30,31)32)29(33,34)35)26(4,5)17-8-11-20(2)15-16-22-12-7-13-23(19-22)38-21(3)36;;/h15-16,23-25,37,39H,6-8,10-14,17,19H2,1-5H3;2*1H4/b20-15-,22-16-;;. The highest BCUT2D eigenvalue weighted by atomic mass is 32.1. The number of rotatable bonds is 11. The minimum atomic E-state index is -5.96. The van der Waals surface area contributed by atoms with E-state index in [1.54, 1.807) is 0 Å². The van der Waals surface area contributed by atoms with E-state index in [4.69, 9.17) is 4.74 Å². The van der Waals surface area contributed by atoms with Gasteiger partial charge in [-0.2, -0.15) is 39.0 Å². The Labute approximate surface area is 249 Å². The molecular formula is C31H50F6O3S. The van der Waals surface area contributed by atoms with Crippen molar-refractivity contribution in [2.24, 2.45) is 11.3 Å². The van der Waals surface area contributed by atoms with Crippen LogP contribution in [0.3, 0.4) is 0 Å². The van der Waals surface area contributed by atoms with Crippen molar-refractivity contribution in [2.45, 2.75) is 143 Å². The average molecular weight is 617 g/mol. The van der Waals surface area contributed by atoms with Gasteiger partial charge in [-0.05, 0) is 69.1 Å². The normalized spacial score (nSPS) is 19.3. The molecule has 41 heavy (non-hydrogen) atoms. The van der Waals surface area contributed by atoms with E-state index in [1.165, 1.54) is 18.1 Å². The van der Waals surface area contributed by atoms with Crippen LogP contribution in [0.15, 0.2) is 23.3 Å². The minimum absolute atomic E-state index is 0. The lowest BCUT2D eigenvalue weighted by molar-refractivity contribution is -0.343. The summed E-state index contributed by atoms with van der Waals surface area (Å²) in [5.74, 6) is 2.59. The molecule has 0 amide bonds. The number of esters is 1. The molecule has 1 rings (SSSR count). The highest BCUT2D eigenvalue weighted by Gasteiger charge is 2.70. The van der Waals surface area contributed by atoms with Crippen LogP contribution in [-0.2, 0) is 9.53 Å². The molecule has 1 N–H and O–H groups in total. The van der Waals surface area contributed by atoms with Gasteiger partial charge in [-0.15, -0.1) is 0 Å². The van der Waals surface area contributed by atoms with Crippen LogP contribution in [0, 0.1) is 23.2 Å². The van der Waals surface area contributed by atoms with Gasteiger partial charge in [-0.25, -0.2) is 0 Å². The van der Waals surface area contributed by atoms with Crippen LogP contribution in [0.4, 0.5) is 26.3 Å². The molecule has 1 fully saturated rings. The molecule has 0 spiro atoms. The van der Waals surface area contributed by atoms with Crippen LogP contribution in [-0.4, -0.2) is 40.4 Å². The maximum absolute atomic E-state index is 12.9. The van der Waals surface area contributed by atoms with Crippen molar-refractivity contribution >= 4 is 18.6 Å². The maximum atomic E-state index is 12.9. The van der Waals surface area contributed by atoms with Gasteiger partial charge in [0.25, 0.3) is 0 Å². The first-order chi connectivity index (χ1) is 17.8. The Kier molecular flexibility index (Phi) is 17.7. The van der Waals surface area contributed by atoms with E-state index >= 15 is 0 Å². The van der Waals surface area contributed by atoms with Gasteiger partial charge in [0.2, 0.25) is 0 Å². The molecule has 240 valence electrons. The van der Waals surface area contributed by atoms with Crippen LogP contribution in [0.2, 0.25) is 0 Å². The molecule has 10 heteroatoms. The summed E-state index contributed by atoms with van der Waals surface area (Å²) in [6.07, 6.45) is -0.627. The van der Waals surface area contributed by atoms with E-state index in [2.05, 4.69) is 24.8 Å². The predicted octanol–water partition coefficient (Wildman–Crippen LogP) is 9.80. The summed E-state index contributed by atoms with van der Waals surface area (Å²) in [7, 11) is 0. The fourth-order valence-electron chi connectivity index (χ4n) is 5.03. The van der Waals surface area contributed by atoms with E-state index in [0.29, 0.717) is 6.42 Å². The highest BCUT2D eigenvalue weighted by molar-refractivity contribution is 7.81. The molecule has 0 aliphatic heterocycles. The Hall–Kier alpha value is -1.60. The summed E-state index contributed by atoms with van der Waals surface area (Å²) in [4.78, 5) is 11.2. The summed E-state index contributed by atoms with van der Waals surface area (Å²) < 4.78 is 82.8. The second-order valence-electron chi connectivity index (χ2n) is 11.2. The number of alkyl halides is 6. The van der Waals surface area contributed by atoms with Gasteiger partial charge in [0.1, 0.15) is 6.10 Å². The van der Waals surface area contributed by atoms with E-state index in [1.807, 2.05) is 33.6 Å². The number of carbonyl (C=O) groups excluding carboxylic acids is 1. The Morgan fingerprint density at radius 2 is 1.73 bits per heavy atom.